The highest BCUT2D eigenvalue weighted by molar-refractivity contribution is 7.00. The Bertz CT molecular complexity index is 4790. The van der Waals surface area contributed by atoms with E-state index >= 15 is 0 Å². The van der Waals surface area contributed by atoms with Gasteiger partial charge in [-0.25, -0.2) is 0 Å². The normalized spacial score (nSPS) is 13.7. The molecule has 3 nitrogen and oxygen atoms in total. The second-order valence-corrected chi connectivity index (χ2v) is 20.9. The highest BCUT2D eigenvalue weighted by Gasteiger charge is 2.46. The van der Waals surface area contributed by atoms with E-state index < -0.39 is 43.0 Å². The van der Waals surface area contributed by atoms with Crippen LogP contribution in [0.4, 0.5) is 34.1 Å². The first kappa shape index (κ1) is 39.6. The van der Waals surface area contributed by atoms with Crippen LogP contribution in [-0.4, -0.2) is 11.3 Å². The first-order valence-corrected chi connectivity index (χ1v) is 27.7. The molecule has 13 aromatic carbocycles. The zero-order valence-corrected chi connectivity index (χ0v) is 44.3. The Morgan fingerprint density at radius 2 is 0.610 bits per heavy atom. The van der Waals surface area contributed by atoms with Crippen molar-refractivity contribution in [2.24, 2.45) is 0 Å². The molecule has 3 heterocycles. The summed E-state index contributed by atoms with van der Waals surface area (Å²) in [6, 6.07) is 89.8. The summed E-state index contributed by atoms with van der Waals surface area (Å²) in [6.45, 7) is -0.463. The molecule has 0 unspecified atom stereocenters. The largest absolute Gasteiger partial charge is 0.310 e. The van der Waals surface area contributed by atoms with Crippen LogP contribution in [0.25, 0.3) is 94.3 Å². The lowest BCUT2D eigenvalue weighted by Gasteiger charge is -2.46. The Morgan fingerprint density at radius 3 is 0.963 bits per heavy atom. The number of benzene rings is 13. The van der Waals surface area contributed by atoms with Crippen molar-refractivity contribution in [2.45, 2.75) is 0 Å². The lowest BCUT2D eigenvalue weighted by molar-refractivity contribution is 1.16. The molecular weight excluding hydrogens is 990 g/mol. The molecule has 2 aliphatic rings. The van der Waals surface area contributed by atoms with Gasteiger partial charge in [-0.15, -0.1) is 0 Å². The SMILES string of the molecule is [2H]c1c([2H])c([2H])c2c(c1[2H])c1c([2H])c([2H])c([2H])c([2H])c1n2-c1cc2c3c(c1)N(c1c(-c4ccccc4)cccc1-c1ccccc1)c1ccc(-c4ccccc4)cc1B3c1cc(-c3ccccc3)ccc1N2c1c(-c2ccccc2)cccc1-c1ccccc1. The predicted octanol–water partition coefficient (Wildman–Crippen LogP) is 18.9. The molecule has 0 N–H and O–H groups in total. The van der Waals surface area contributed by atoms with E-state index in [9.17, 15) is 8.22 Å². The van der Waals surface area contributed by atoms with Crippen LogP contribution in [0.15, 0.2) is 315 Å². The first-order chi connectivity index (χ1) is 44.0. The lowest BCUT2D eigenvalue weighted by Crippen LogP contribution is -2.61. The molecule has 382 valence electrons. The molecule has 4 heteroatoms. The van der Waals surface area contributed by atoms with Crippen LogP contribution in [0.5, 0.6) is 0 Å². The van der Waals surface area contributed by atoms with E-state index in [0.29, 0.717) is 5.69 Å². The van der Waals surface area contributed by atoms with Gasteiger partial charge < -0.3 is 14.4 Å². The number of aromatic nitrogens is 1. The molecule has 0 bridgehead atoms. The fourth-order valence-electron chi connectivity index (χ4n) is 12.9. The highest BCUT2D eigenvalue weighted by Crippen LogP contribution is 2.54. The van der Waals surface area contributed by atoms with Crippen molar-refractivity contribution >= 4 is 79.0 Å². The monoisotopic (exact) mass is 1050 g/mol. The van der Waals surface area contributed by atoms with Gasteiger partial charge in [0.1, 0.15) is 0 Å². The minimum absolute atomic E-state index is 0.0000943. The summed E-state index contributed by atoms with van der Waals surface area (Å²) in [6.07, 6.45) is 0. The number of hydrogen-bond donors (Lipinski definition) is 0. The molecule has 0 radical (unpaired) electrons. The van der Waals surface area contributed by atoms with Crippen LogP contribution in [0.2, 0.25) is 0 Å². The maximum atomic E-state index is 9.90. The zero-order valence-electron chi connectivity index (χ0n) is 52.3. The lowest BCUT2D eigenvalue weighted by atomic mass is 9.33. The summed E-state index contributed by atoms with van der Waals surface area (Å²) in [5.41, 5.74) is 20.5. The minimum Gasteiger partial charge on any atom is -0.310 e. The van der Waals surface area contributed by atoms with Gasteiger partial charge in [-0.05, 0) is 97.2 Å². The maximum Gasteiger partial charge on any atom is 0.252 e. The van der Waals surface area contributed by atoms with Gasteiger partial charge >= 0.3 is 0 Å². The topological polar surface area (TPSA) is 11.4 Å². The third-order valence-corrected chi connectivity index (χ3v) is 16.4. The van der Waals surface area contributed by atoms with Crippen molar-refractivity contribution in [3.63, 3.8) is 0 Å². The van der Waals surface area contributed by atoms with Crippen LogP contribution in [0, 0.1) is 0 Å². The van der Waals surface area contributed by atoms with E-state index in [0.717, 1.165) is 117 Å². The fraction of sp³-hybridized carbons (Fsp3) is 0. The molecule has 0 saturated carbocycles. The van der Waals surface area contributed by atoms with Crippen molar-refractivity contribution in [2.75, 3.05) is 9.80 Å². The molecule has 0 aliphatic carbocycles. The number of rotatable bonds is 9. The van der Waals surface area contributed by atoms with Gasteiger partial charge in [0, 0.05) is 55.8 Å². The second-order valence-electron chi connectivity index (χ2n) is 20.9. The number of para-hydroxylation sites is 4. The van der Waals surface area contributed by atoms with Crippen LogP contribution in [0.1, 0.15) is 11.0 Å². The van der Waals surface area contributed by atoms with Crippen molar-refractivity contribution in [3.8, 4) is 72.4 Å². The smallest absolute Gasteiger partial charge is 0.252 e. The van der Waals surface area contributed by atoms with Crippen molar-refractivity contribution in [1.29, 1.82) is 0 Å². The Kier molecular flexibility index (Phi) is 9.48. The zero-order chi connectivity index (χ0) is 61.1. The molecule has 0 spiro atoms. The van der Waals surface area contributed by atoms with Gasteiger partial charge in [0.05, 0.1) is 39.1 Å². The van der Waals surface area contributed by atoms with Gasteiger partial charge in [0.25, 0.3) is 6.71 Å². The third-order valence-electron chi connectivity index (χ3n) is 16.4. The van der Waals surface area contributed by atoms with Gasteiger partial charge in [-0.3, -0.25) is 0 Å². The minimum atomic E-state index is -0.505. The van der Waals surface area contributed by atoms with E-state index in [2.05, 4.69) is 240 Å². The summed E-state index contributed by atoms with van der Waals surface area (Å²) < 4.78 is 77.4. The van der Waals surface area contributed by atoms with Crippen LogP contribution < -0.4 is 26.2 Å². The van der Waals surface area contributed by atoms with E-state index in [1.165, 1.54) is 0 Å². The Hall–Kier alpha value is -10.7. The summed E-state index contributed by atoms with van der Waals surface area (Å²) in [5, 5.41) is 0.000189. The average Bonchev–Trinajstić information content (AvgIpc) is 1.79. The molecule has 82 heavy (non-hydrogen) atoms. The Labute approximate surface area is 489 Å². The molecule has 1 aromatic heterocycles. The first-order valence-electron chi connectivity index (χ1n) is 31.7. The molecule has 0 saturated heterocycles. The molecule has 0 atom stereocenters. The number of fused-ring (bicyclic) bond motifs is 7. The van der Waals surface area contributed by atoms with E-state index in [-0.39, 0.29) is 33.9 Å². The van der Waals surface area contributed by atoms with Crippen molar-refractivity contribution < 1.29 is 11.0 Å². The summed E-state index contributed by atoms with van der Waals surface area (Å²) >= 11 is 0. The van der Waals surface area contributed by atoms with Gasteiger partial charge in [0.2, 0.25) is 0 Å². The standard InChI is InChI=1S/C78H52BN3/c1-7-25-53(26-8-1)59-45-47-72-68(49-59)79-69-50-60(54-27-9-2-10-28-54)46-48-73(69)82(78-64(57-33-15-5-16-34-57)41-24-42-65(78)58-35-17-6-18-36-58)75-52-61(80-70-43-21-19-37-66(70)67-38-20-22-44-71(67)80)51-74(76(75)79)81(72)77-62(55-29-11-3-12-30-55)39-23-40-63(77)56-31-13-4-14-32-56/h1-52H/i19D,20D,21D,22D,37D,38D,43D,44D. The highest BCUT2D eigenvalue weighted by atomic mass is 15.2. The van der Waals surface area contributed by atoms with Gasteiger partial charge in [-0.2, -0.15) is 0 Å². The number of hydrogen-bond acceptors (Lipinski definition) is 2. The molecule has 14 aromatic rings. The maximum absolute atomic E-state index is 9.90. The quantitative estimate of drug-likeness (QED) is 0.134. The summed E-state index contributed by atoms with van der Waals surface area (Å²) in [5.74, 6) is 0. The van der Waals surface area contributed by atoms with E-state index in [1.807, 2.05) is 36.4 Å². The van der Waals surface area contributed by atoms with Crippen molar-refractivity contribution in [3.05, 3.63) is 315 Å². The molecule has 16 rings (SSSR count). The van der Waals surface area contributed by atoms with Crippen molar-refractivity contribution in [1.82, 2.24) is 4.57 Å². The molecule has 0 amide bonds. The van der Waals surface area contributed by atoms with E-state index in [1.54, 1.807) is 4.57 Å². The third kappa shape index (κ3) is 7.68. The molecule has 2 aliphatic heterocycles. The number of nitrogens with zero attached hydrogens (tertiary/aromatic N) is 3. The Morgan fingerprint density at radius 1 is 0.280 bits per heavy atom. The number of anilines is 6. The van der Waals surface area contributed by atoms with Crippen LogP contribution >= 0.6 is 0 Å². The average molecular weight is 1050 g/mol. The summed E-state index contributed by atoms with van der Waals surface area (Å²) in [7, 11) is 0. The van der Waals surface area contributed by atoms with Crippen LogP contribution in [0.3, 0.4) is 0 Å². The summed E-state index contributed by atoms with van der Waals surface area (Å²) in [4.78, 5) is 4.77. The van der Waals surface area contributed by atoms with Crippen LogP contribution in [-0.2, 0) is 0 Å². The predicted molar refractivity (Wildman–Crippen MR) is 347 cm³/mol. The van der Waals surface area contributed by atoms with Gasteiger partial charge in [0.15, 0.2) is 0 Å². The van der Waals surface area contributed by atoms with E-state index in [4.69, 9.17) is 2.74 Å². The van der Waals surface area contributed by atoms with Gasteiger partial charge in [-0.1, -0.05) is 279 Å². The fourth-order valence-corrected chi connectivity index (χ4v) is 12.9. The Balaban J connectivity index is 1.15. The molecule has 0 fully saturated rings. The second kappa shape index (κ2) is 19.6. The molecular formula is C78H52BN3.